The predicted octanol–water partition coefficient (Wildman–Crippen LogP) is 1.03. The van der Waals surface area contributed by atoms with Gasteiger partial charge >= 0.3 is 54.9 Å². The Labute approximate surface area is 55.3 Å². The minimum absolute atomic E-state index is 0.381. The first-order valence-electron chi connectivity index (χ1n) is 2.54. The second-order valence-electron chi connectivity index (χ2n) is 1.41. The van der Waals surface area contributed by atoms with Crippen LogP contribution in [0.5, 0.6) is 0 Å². The molecule has 0 radical (unpaired) electrons. The maximum absolute atomic E-state index is 9.81. The van der Waals surface area contributed by atoms with Crippen molar-refractivity contribution in [2.24, 2.45) is 0 Å². The molecule has 0 aliphatic heterocycles. The van der Waals surface area contributed by atoms with Crippen LogP contribution in [0, 0.1) is 0 Å². The summed E-state index contributed by atoms with van der Waals surface area (Å²) in [6.07, 6.45) is 1.82. The minimum atomic E-state index is -3.56. The Kier molecular flexibility index (Phi) is 5.64. The van der Waals surface area contributed by atoms with Gasteiger partial charge in [0.1, 0.15) is 0 Å². The van der Waals surface area contributed by atoms with Crippen molar-refractivity contribution >= 4 is 0 Å². The summed E-state index contributed by atoms with van der Waals surface area (Å²) in [6.45, 7) is 2.37. The van der Waals surface area contributed by atoms with Gasteiger partial charge in [0, 0.05) is 0 Å². The van der Waals surface area contributed by atoms with E-state index in [1.807, 2.05) is 6.92 Å². The summed E-state index contributed by atoms with van der Waals surface area (Å²) in [5.74, 6) is 0. The molecule has 3 nitrogen and oxygen atoms in total. The van der Waals surface area contributed by atoms with Gasteiger partial charge in [-0.1, -0.05) is 0 Å². The molecule has 0 amide bonds. The van der Waals surface area contributed by atoms with E-state index in [1.165, 1.54) is 0 Å². The first-order chi connectivity index (χ1) is 3.77. The average Bonchev–Trinajstić information content (AvgIpc) is 1.66. The van der Waals surface area contributed by atoms with Crippen molar-refractivity contribution in [2.75, 3.05) is 6.61 Å². The fourth-order valence-corrected chi connectivity index (χ4v) is 0.967. The summed E-state index contributed by atoms with van der Waals surface area (Å²) in [4.78, 5) is 0. The van der Waals surface area contributed by atoms with Crippen molar-refractivity contribution in [1.82, 2.24) is 0 Å². The van der Waals surface area contributed by atoms with Gasteiger partial charge in [-0.25, -0.2) is 0 Å². The fourth-order valence-electron chi connectivity index (χ4n) is 0.283. The van der Waals surface area contributed by atoms with Gasteiger partial charge in [-0.15, -0.1) is 0 Å². The zero-order valence-corrected chi connectivity index (χ0v) is 6.99. The summed E-state index contributed by atoms with van der Waals surface area (Å²) in [5, 5.41) is 0. The van der Waals surface area contributed by atoms with E-state index in [-0.39, 0.29) is 0 Å². The van der Waals surface area contributed by atoms with Crippen LogP contribution in [0.1, 0.15) is 19.8 Å². The van der Waals surface area contributed by atoms with Crippen molar-refractivity contribution in [2.45, 2.75) is 19.8 Å². The zero-order chi connectivity index (χ0) is 6.41. The van der Waals surface area contributed by atoms with Crippen molar-refractivity contribution in [1.29, 1.82) is 0 Å². The van der Waals surface area contributed by atoms with Crippen LogP contribution in [0.25, 0.3) is 0 Å². The molecule has 0 aromatic heterocycles. The molecule has 0 atom stereocenters. The molecule has 0 N–H and O–H groups in total. The molecule has 0 aromatic rings. The third-order valence-corrected chi connectivity index (χ3v) is 1.66. The van der Waals surface area contributed by atoms with Gasteiger partial charge in [0.2, 0.25) is 0 Å². The molecule has 0 aliphatic rings. The number of hydrogen-bond donors (Lipinski definition) is 0. The molecule has 0 aromatic carbocycles. The van der Waals surface area contributed by atoms with Crippen molar-refractivity contribution in [3.05, 3.63) is 0 Å². The van der Waals surface area contributed by atoms with Gasteiger partial charge < -0.3 is 0 Å². The van der Waals surface area contributed by atoms with Crippen LogP contribution in [0.4, 0.5) is 0 Å². The Hall–Kier alpha value is 0.300. The Balaban J connectivity index is 2.94. The monoisotopic (exact) mass is 198 g/mol. The molecular formula is C4H9NbO3. The van der Waals surface area contributed by atoms with Crippen LogP contribution < -0.4 is 0 Å². The van der Waals surface area contributed by atoms with Crippen molar-refractivity contribution in [3.63, 3.8) is 0 Å². The Morgan fingerprint density at radius 1 is 1.50 bits per heavy atom. The summed E-state index contributed by atoms with van der Waals surface area (Å²) in [5.41, 5.74) is 0. The Bertz CT molecular complexity index is 99.9. The first kappa shape index (κ1) is 8.30. The van der Waals surface area contributed by atoms with Crippen LogP contribution >= 0.6 is 0 Å². The number of rotatable bonds is 4. The van der Waals surface area contributed by atoms with E-state index < -0.39 is 18.8 Å². The second-order valence-corrected chi connectivity index (χ2v) is 3.14. The molecule has 48 valence electrons. The third kappa shape index (κ3) is 6.30. The Morgan fingerprint density at radius 2 is 2.12 bits per heavy atom. The second kappa shape index (κ2) is 5.44. The molecular weight excluding hydrogens is 189 g/mol. The summed E-state index contributed by atoms with van der Waals surface area (Å²) in [7, 11) is 0. The van der Waals surface area contributed by atoms with Gasteiger partial charge in [-0.2, -0.15) is 0 Å². The molecule has 0 spiro atoms. The van der Waals surface area contributed by atoms with Gasteiger partial charge in [0.15, 0.2) is 0 Å². The van der Waals surface area contributed by atoms with E-state index in [1.54, 1.807) is 0 Å². The van der Waals surface area contributed by atoms with E-state index in [0.29, 0.717) is 6.61 Å². The molecule has 0 heterocycles. The number of hydrogen-bond acceptors (Lipinski definition) is 3. The molecule has 0 saturated carbocycles. The summed E-state index contributed by atoms with van der Waals surface area (Å²) in [6, 6.07) is 0. The van der Waals surface area contributed by atoms with Crippen LogP contribution in [-0.2, 0) is 28.5 Å². The van der Waals surface area contributed by atoms with E-state index >= 15 is 0 Å². The van der Waals surface area contributed by atoms with E-state index in [4.69, 9.17) is 0 Å². The number of unbranched alkanes of at least 4 members (excludes halogenated alkanes) is 1. The van der Waals surface area contributed by atoms with Crippen LogP contribution in [-0.4, -0.2) is 6.61 Å². The summed E-state index contributed by atoms with van der Waals surface area (Å²) < 4.78 is 24.0. The van der Waals surface area contributed by atoms with Crippen LogP contribution in [0.3, 0.4) is 0 Å². The quantitative estimate of drug-likeness (QED) is 0.500. The third-order valence-electron chi connectivity index (χ3n) is 0.695. The topological polar surface area (TPSA) is 43.4 Å². The summed E-state index contributed by atoms with van der Waals surface area (Å²) >= 11 is -3.56. The van der Waals surface area contributed by atoms with Gasteiger partial charge in [0.05, 0.1) is 0 Å². The fraction of sp³-hybridized carbons (Fsp3) is 1.00. The van der Waals surface area contributed by atoms with E-state index in [2.05, 4.69) is 3.24 Å². The van der Waals surface area contributed by atoms with Crippen molar-refractivity contribution in [3.8, 4) is 0 Å². The van der Waals surface area contributed by atoms with Crippen LogP contribution in [0.15, 0.2) is 0 Å². The molecule has 0 fully saturated rings. The zero-order valence-electron chi connectivity index (χ0n) is 4.79. The maximum atomic E-state index is 9.81. The normalized spacial score (nSPS) is 9.12. The SMILES string of the molecule is CCCC[O][Nb](=[O])=[O]. The standard InChI is InChI=1S/C4H9O.Nb.2O/c1-2-3-4-5;;;/h2-4H2,1H3;;;/q-1;+1;;. The van der Waals surface area contributed by atoms with E-state index in [0.717, 1.165) is 12.8 Å². The van der Waals surface area contributed by atoms with E-state index in [9.17, 15) is 6.50 Å². The van der Waals surface area contributed by atoms with Crippen molar-refractivity contribution < 1.29 is 28.5 Å². The van der Waals surface area contributed by atoms with Gasteiger partial charge in [-0.3, -0.25) is 0 Å². The molecule has 0 unspecified atom stereocenters. The van der Waals surface area contributed by atoms with Crippen LogP contribution in [0.2, 0.25) is 0 Å². The van der Waals surface area contributed by atoms with Gasteiger partial charge in [0.25, 0.3) is 0 Å². The van der Waals surface area contributed by atoms with Gasteiger partial charge in [-0.05, 0) is 0 Å². The molecule has 0 rings (SSSR count). The molecule has 0 bridgehead atoms. The average molecular weight is 198 g/mol. The molecule has 4 heteroatoms. The Morgan fingerprint density at radius 3 is 2.50 bits per heavy atom. The molecule has 0 saturated heterocycles. The first-order valence-corrected chi connectivity index (χ1v) is 5.24. The molecule has 8 heavy (non-hydrogen) atoms. The predicted molar refractivity (Wildman–Crippen MR) is 22.2 cm³/mol. The molecule has 0 aliphatic carbocycles.